The van der Waals surface area contributed by atoms with Crippen LogP contribution in [0.25, 0.3) is 11.4 Å². The molecule has 3 aromatic heterocycles. The summed E-state index contributed by atoms with van der Waals surface area (Å²) in [6.45, 7) is 0.826. The van der Waals surface area contributed by atoms with Crippen LogP contribution in [0, 0.1) is 5.41 Å². The first-order valence-electron chi connectivity index (χ1n) is 10.4. The Morgan fingerprint density at radius 3 is 2.75 bits per heavy atom. The lowest BCUT2D eigenvalue weighted by Crippen LogP contribution is -2.70. The highest BCUT2D eigenvalue weighted by atomic mass is 19.3. The second-order valence-corrected chi connectivity index (χ2v) is 8.31. The first kappa shape index (κ1) is 20.6. The van der Waals surface area contributed by atoms with Gasteiger partial charge >= 0.3 is 0 Å². The highest BCUT2D eigenvalue weighted by Crippen LogP contribution is 2.49. The van der Waals surface area contributed by atoms with Gasteiger partial charge in [-0.15, -0.1) is 0 Å². The molecule has 2 aliphatic rings. The van der Waals surface area contributed by atoms with Gasteiger partial charge in [0.15, 0.2) is 5.82 Å². The quantitative estimate of drug-likeness (QED) is 0.623. The Balaban J connectivity index is 1.46. The summed E-state index contributed by atoms with van der Waals surface area (Å²) in [5.74, 6) is 0.0149. The number of nitrogens with one attached hydrogen (secondary N) is 2. The molecule has 5 rings (SSSR count). The number of hydrogen-bond acceptors (Lipinski definition) is 8. The van der Waals surface area contributed by atoms with Crippen molar-refractivity contribution in [3.05, 3.63) is 36.8 Å². The zero-order valence-corrected chi connectivity index (χ0v) is 17.8. The van der Waals surface area contributed by atoms with E-state index >= 15 is 0 Å². The molecule has 0 atom stereocenters. The molecule has 168 valence electrons. The minimum atomic E-state index is -2.74. The van der Waals surface area contributed by atoms with Crippen LogP contribution >= 0.6 is 0 Å². The van der Waals surface area contributed by atoms with Gasteiger partial charge in [0.2, 0.25) is 0 Å². The fourth-order valence-corrected chi connectivity index (χ4v) is 4.24. The van der Waals surface area contributed by atoms with E-state index in [-0.39, 0.29) is 19.6 Å². The van der Waals surface area contributed by atoms with Crippen molar-refractivity contribution in [2.45, 2.75) is 12.3 Å². The largest absolute Gasteiger partial charge is 0.497 e. The molecule has 2 N–H and O–H groups in total. The lowest BCUT2D eigenvalue weighted by molar-refractivity contribution is -0.151. The first-order valence-corrected chi connectivity index (χ1v) is 10.4. The maximum atomic E-state index is 14.6. The van der Waals surface area contributed by atoms with Crippen LogP contribution in [0.1, 0.15) is 6.42 Å². The Bertz CT molecular complexity index is 1130. The lowest BCUT2D eigenvalue weighted by atomic mass is 9.69. The van der Waals surface area contributed by atoms with E-state index in [1.165, 1.54) is 0 Å². The van der Waals surface area contributed by atoms with Gasteiger partial charge in [-0.2, -0.15) is 5.10 Å². The van der Waals surface area contributed by atoms with E-state index in [1.54, 1.807) is 42.4 Å². The molecule has 2 aliphatic heterocycles. The number of piperidine rings is 1. The van der Waals surface area contributed by atoms with Gasteiger partial charge in [0.05, 0.1) is 30.8 Å². The monoisotopic (exact) mass is 442 g/mol. The number of nitrogens with zero attached hydrogens (tertiary/aromatic N) is 6. The van der Waals surface area contributed by atoms with Crippen LogP contribution in [-0.4, -0.2) is 63.9 Å². The maximum absolute atomic E-state index is 14.6. The third-order valence-electron chi connectivity index (χ3n) is 6.11. The molecule has 0 saturated carbocycles. The average Bonchev–Trinajstić information content (AvgIpc) is 3.18. The van der Waals surface area contributed by atoms with Crippen LogP contribution in [0.15, 0.2) is 36.8 Å². The molecule has 2 fully saturated rings. The third-order valence-corrected chi connectivity index (χ3v) is 6.11. The standard InChI is InChI=1S/C21H24F2N8O/c1-30-10-14(9-26-30)19-28-17(27-16-7-15(32-2)3-5-25-16)8-18(29-19)31-12-20(13-31)4-6-24-11-21(20,22)23/h3,5,7-10,24H,4,6,11-13H2,1-2H3,(H,25,27,28,29). The minimum absolute atomic E-state index is 0.252. The van der Waals surface area contributed by atoms with E-state index < -0.39 is 11.3 Å². The average molecular weight is 442 g/mol. The lowest BCUT2D eigenvalue weighted by Gasteiger charge is -2.56. The van der Waals surface area contributed by atoms with Crippen LogP contribution in [0.4, 0.5) is 26.2 Å². The van der Waals surface area contributed by atoms with Crippen LogP contribution < -0.4 is 20.3 Å². The zero-order valence-electron chi connectivity index (χ0n) is 17.8. The number of halogens is 2. The Morgan fingerprint density at radius 1 is 1.19 bits per heavy atom. The number of ether oxygens (including phenoxy) is 1. The zero-order chi connectivity index (χ0) is 22.3. The number of aromatic nitrogens is 5. The molecule has 5 heterocycles. The molecule has 32 heavy (non-hydrogen) atoms. The van der Waals surface area contributed by atoms with Crippen LogP contribution in [0.5, 0.6) is 5.75 Å². The molecular formula is C21H24F2N8O. The second-order valence-electron chi connectivity index (χ2n) is 8.31. The van der Waals surface area contributed by atoms with Gasteiger partial charge in [0.1, 0.15) is 23.2 Å². The highest BCUT2D eigenvalue weighted by Gasteiger charge is 2.61. The van der Waals surface area contributed by atoms with Crippen molar-refractivity contribution in [1.82, 2.24) is 30.0 Å². The van der Waals surface area contributed by atoms with E-state index in [2.05, 4.69) is 30.7 Å². The summed E-state index contributed by atoms with van der Waals surface area (Å²) < 4.78 is 36.1. The van der Waals surface area contributed by atoms with Gasteiger partial charge in [-0.25, -0.2) is 23.7 Å². The smallest absolute Gasteiger partial charge is 0.269 e. The second kappa shape index (κ2) is 7.66. The number of rotatable bonds is 5. The van der Waals surface area contributed by atoms with Crippen molar-refractivity contribution in [3.63, 3.8) is 0 Å². The Morgan fingerprint density at radius 2 is 2.03 bits per heavy atom. The summed E-state index contributed by atoms with van der Waals surface area (Å²) >= 11 is 0. The fourth-order valence-electron chi connectivity index (χ4n) is 4.24. The fraction of sp³-hybridized carbons (Fsp3) is 0.429. The van der Waals surface area contributed by atoms with E-state index in [4.69, 9.17) is 4.74 Å². The van der Waals surface area contributed by atoms with Crippen molar-refractivity contribution >= 4 is 17.5 Å². The number of alkyl halides is 2. The topological polar surface area (TPSA) is 93.0 Å². The summed E-state index contributed by atoms with van der Waals surface area (Å²) in [5.41, 5.74) is -0.280. The highest BCUT2D eigenvalue weighted by molar-refractivity contribution is 5.65. The third kappa shape index (κ3) is 3.62. The Hall–Kier alpha value is -3.34. The first-order chi connectivity index (χ1) is 15.4. The molecule has 0 unspecified atom stereocenters. The summed E-state index contributed by atoms with van der Waals surface area (Å²) in [5, 5.41) is 10.2. The van der Waals surface area contributed by atoms with Gasteiger partial charge in [0.25, 0.3) is 5.92 Å². The minimum Gasteiger partial charge on any atom is -0.497 e. The van der Waals surface area contributed by atoms with Crippen molar-refractivity contribution in [2.75, 3.05) is 43.5 Å². The van der Waals surface area contributed by atoms with Gasteiger partial charge in [-0.05, 0) is 19.0 Å². The van der Waals surface area contributed by atoms with Crippen molar-refractivity contribution in [1.29, 1.82) is 0 Å². The predicted molar refractivity (Wildman–Crippen MR) is 115 cm³/mol. The molecule has 0 amide bonds. The van der Waals surface area contributed by atoms with E-state index in [9.17, 15) is 8.78 Å². The molecule has 0 radical (unpaired) electrons. The molecule has 3 aromatic rings. The Labute approximate surface area is 183 Å². The predicted octanol–water partition coefficient (Wildman–Crippen LogP) is 2.46. The number of methoxy groups -OCH3 is 1. The van der Waals surface area contributed by atoms with E-state index in [0.717, 1.165) is 5.56 Å². The van der Waals surface area contributed by atoms with Gasteiger partial charge < -0.3 is 20.3 Å². The van der Waals surface area contributed by atoms with Crippen molar-refractivity contribution in [2.24, 2.45) is 12.5 Å². The van der Waals surface area contributed by atoms with Crippen molar-refractivity contribution in [3.8, 4) is 17.1 Å². The molecule has 0 aliphatic carbocycles. The number of anilines is 3. The normalized spacial score (nSPS) is 18.9. The summed E-state index contributed by atoms with van der Waals surface area (Å²) in [4.78, 5) is 15.4. The number of aryl methyl sites for hydroxylation is 1. The molecule has 0 aromatic carbocycles. The van der Waals surface area contributed by atoms with E-state index in [1.807, 2.05) is 18.1 Å². The van der Waals surface area contributed by atoms with Gasteiger partial charge in [0, 0.05) is 44.7 Å². The summed E-state index contributed by atoms with van der Waals surface area (Å²) in [7, 11) is 3.39. The Kier molecular flexibility index (Phi) is 4.92. The molecule has 1 spiro atoms. The summed E-state index contributed by atoms with van der Waals surface area (Å²) in [6.07, 6.45) is 5.55. The van der Waals surface area contributed by atoms with Gasteiger partial charge in [-0.1, -0.05) is 0 Å². The van der Waals surface area contributed by atoms with Crippen molar-refractivity contribution < 1.29 is 13.5 Å². The molecule has 11 heteroatoms. The SMILES string of the molecule is COc1ccnc(Nc2cc(N3CC4(CCNCC4(F)F)C3)nc(-c3cnn(C)c3)n2)c1. The maximum Gasteiger partial charge on any atom is 0.269 e. The van der Waals surface area contributed by atoms with Crippen LogP contribution in [0.3, 0.4) is 0 Å². The molecule has 9 nitrogen and oxygen atoms in total. The number of hydrogen-bond donors (Lipinski definition) is 2. The van der Waals surface area contributed by atoms with Gasteiger partial charge in [-0.3, -0.25) is 4.68 Å². The number of pyridine rings is 1. The molecular weight excluding hydrogens is 418 g/mol. The van der Waals surface area contributed by atoms with Crippen LogP contribution in [-0.2, 0) is 7.05 Å². The molecule has 0 bridgehead atoms. The van der Waals surface area contributed by atoms with Crippen LogP contribution in [0.2, 0.25) is 0 Å². The molecule has 2 saturated heterocycles. The van der Waals surface area contributed by atoms with E-state index in [0.29, 0.717) is 42.0 Å². The summed E-state index contributed by atoms with van der Waals surface area (Å²) in [6, 6.07) is 5.25.